The molecule has 2 aromatic rings. The van der Waals surface area contributed by atoms with Gasteiger partial charge < -0.3 is 9.63 Å². The quantitative estimate of drug-likeness (QED) is 0.731. The lowest BCUT2D eigenvalue weighted by molar-refractivity contribution is 0.267. The minimum Gasteiger partial charge on any atom is -0.390 e. The standard InChI is InChI=1S/C8H9N3O2/c1-11-4-6(3-9-11)8-2-7(5-12)10-13-8/h2-4,12H,5H2,1H3. The highest BCUT2D eigenvalue weighted by atomic mass is 16.5. The highest BCUT2D eigenvalue weighted by Gasteiger charge is 2.06. The second kappa shape index (κ2) is 3.02. The van der Waals surface area contributed by atoms with Gasteiger partial charge in [-0.1, -0.05) is 5.16 Å². The molecule has 0 bridgehead atoms. The zero-order chi connectivity index (χ0) is 9.26. The molecule has 0 atom stereocenters. The first-order valence-electron chi connectivity index (χ1n) is 3.85. The van der Waals surface area contributed by atoms with Gasteiger partial charge in [-0.3, -0.25) is 4.68 Å². The Labute approximate surface area is 74.6 Å². The molecule has 13 heavy (non-hydrogen) atoms. The van der Waals surface area contributed by atoms with Crippen molar-refractivity contribution in [1.29, 1.82) is 0 Å². The van der Waals surface area contributed by atoms with Crippen LogP contribution in [0.1, 0.15) is 5.69 Å². The number of aliphatic hydroxyl groups excluding tert-OH is 1. The van der Waals surface area contributed by atoms with Gasteiger partial charge in [0.2, 0.25) is 0 Å². The maximum atomic E-state index is 8.76. The number of aromatic nitrogens is 3. The smallest absolute Gasteiger partial charge is 0.170 e. The van der Waals surface area contributed by atoms with E-state index in [-0.39, 0.29) is 6.61 Å². The summed E-state index contributed by atoms with van der Waals surface area (Å²) in [5.74, 6) is 0.622. The molecule has 1 N–H and O–H groups in total. The van der Waals surface area contributed by atoms with Crippen LogP contribution in [0.5, 0.6) is 0 Å². The molecule has 0 saturated carbocycles. The second-order valence-electron chi connectivity index (χ2n) is 2.74. The highest BCUT2D eigenvalue weighted by molar-refractivity contribution is 5.54. The van der Waals surface area contributed by atoms with E-state index >= 15 is 0 Å². The third-order valence-corrected chi connectivity index (χ3v) is 1.71. The maximum absolute atomic E-state index is 8.76. The van der Waals surface area contributed by atoms with Crippen molar-refractivity contribution in [2.45, 2.75) is 6.61 Å². The molecule has 2 rings (SSSR count). The second-order valence-corrected chi connectivity index (χ2v) is 2.74. The van der Waals surface area contributed by atoms with Crippen molar-refractivity contribution in [3.05, 3.63) is 24.2 Å². The predicted molar refractivity (Wildman–Crippen MR) is 44.6 cm³/mol. The van der Waals surface area contributed by atoms with Crippen LogP contribution in [0.15, 0.2) is 23.0 Å². The lowest BCUT2D eigenvalue weighted by atomic mass is 10.2. The summed E-state index contributed by atoms with van der Waals surface area (Å²) in [4.78, 5) is 0. The molecule has 0 aliphatic rings. The molecule has 0 amide bonds. The first-order chi connectivity index (χ1) is 6.29. The zero-order valence-electron chi connectivity index (χ0n) is 7.14. The first-order valence-corrected chi connectivity index (χ1v) is 3.85. The number of aliphatic hydroxyl groups is 1. The molecule has 0 aromatic carbocycles. The van der Waals surface area contributed by atoms with E-state index in [2.05, 4.69) is 10.3 Å². The third kappa shape index (κ3) is 1.46. The number of rotatable bonds is 2. The summed E-state index contributed by atoms with van der Waals surface area (Å²) in [6, 6.07) is 1.69. The molecule has 0 spiro atoms. The molecule has 0 radical (unpaired) electrons. The van der Waals surface area contributed by atoms with Gasteiger partial charge in [0.05, 0.1) is 18.4 Å². The lowest BCUT2D eigenvalue weighted by Crippen LogP contribution is -1.83. The van der Waals surface area contributed by atoms with Gasteiger partial charge in [0.1, 0.15) is 5.69 Å². The average Bonchev–Trinajstić information content (AvgIpc) is 2.71. The summed E-state index contributed by atoms with van der Waals surface area (Å²) >= 11 is 0. The van der Waals surface area contributed by atoms with Crippen LogP contribution in [0.2, 0.25) is 0 Å². The molecule has 5 heteroatoms. The van der Waals surface area contributed by atoms with Crippen molar-refractivity contribution in [2.24, 2.45) is 7.05 Å². The van der Waals surface area contributed by atoms with Crippen molar-refractivity contribution in [2.75, 3.05) is 0 Å². The van der Waals surface area contributed by atoms with E-state index in [1.807, 2.05) is 13.2 Å². The molecular weight excluding hydrogens is 170 g/mol. The number of aryl methyl sites for hydroxylation is 1. The summed E-state index contributed by atoms with van der Waals surface area (Å²) in [6.45, 7) is -0.107. The van der Waals surface area contributed by atoms with Gasteiger partial charge in [0.15, 0.2) is 5.76 Å². The van der Waals surface area contributed by atoms with E-state index in [0.29, 0.717) is 11.5 Å². The van der Waals surface area contributed by atoms with Gasteiger partial charge in [-0.05, 0) is 0 Å². The van der Waals surface area contributed by atoms with Crippen LogP contribution < -0.4 is 0 Å². The minimum atomic E-state index is -0.107. The van der Waals surface area contributed by atoms with Crippen LogP contribution >= 0.6 is 0 Å². The summed E-state index contributed by atoms with van der Waals surface area (Å²) in [7, 11) is 1.83. The molecule has 68 valence electrons. The van der Waals surface area contributed by atoms with Crippen molar-refractivity contribution >= 4 is 0 Å². The van der Waals surface area contributed by atoms with E-state index in [9.17, 15) is 0 Å². The SMILES string of the molecule is Cn1cc(-c2cc(CO)no2)cn1. The Balaban J connectivity index is 2.35. The Hall–Kier alpha value is -1.62. The van der Waals surface area contributed by atoms with Gasteiger partial charge in [-0.15, -0.1) is 0 Å². The van der Waals surface area contributed by atoms with Gasteiger partial charge in [0.25, 0.3) is 0 Å². The molecule has 2 heterocycles. The largest absolute Gasteiger partial charge is 0.390 e. The molecule has 2 aromatic heterocycles. The lowest BCUT2D eigenvalue weighted by Gasteiger charge is -1.84. The maximum Gasteiger partial charge on any atom is 0.170 e. The van der Waals surface area contributed by atoms with E-state index < -0.39 is 0 Å². The monoisotopic (exact) mass is 179 g/mol. The third-order valence-electron chi connectivity index (χ3n) is 1.71. The molecule has 0 fully saturated rings. The van der Waals surface area contributed by atoms with Crippen LogP contribution in [-0.2, 0) is 13.7 Å². The van der Waals surface area contributed by atoms with Crippen molar-refractivity contribution in [1.82, 2.24) is 14.9 Å². The number of nitrogens with zero attached hydrogens (tertiary/aromatic N) is 3. The molecule has 0 aliphatic carbocycles. The van der Waals surface area contributed by atoms with Crippen molar-refractivity contribution in [3.63, 3.8) is 0 Å². The Morgan fingerprint density at radius 2 is 2.46 bits per heavy atom. The van der Waals surface area contributed by atoms with E-state index in [1.54, 1.807) is 16.9 Å². The average molecular weight is 179 g/mol. The Morgan fingerprint density at radius 3 is 3.00 bits per heavy atom. The summed E-state index contributed by atoms with van der Waals surface area (Å²) in [5, 5.41) is 16.4. The van der Waals surface area contributed by atoms with E-state index in [0.717, 1.165) is 5.56 Å². The Kier molecular flexibility index (Phi) is 1.86. The van der Waals surface area contributed by atoms with E-state index in [4.69, 9.17) is 9.63 Å². The van der Waals surface area contributed by atoms with Crippen molar-refractivity contribution in [3.8, 4) is 11.3 Å². The minimum absolute atomic E-state index is 0.107. The van der Waals surface area contributed by atoms with Gasteiger partial charge in [-0.25, -0.2) is 0 Å². The summed E-state index contributed by atoms with van der Waals surface area (Å²) < 4.78 is 6.67. The molecule has 0 saturated heterocycles. The normalized spacial score (nSPS) is 10.6. The number of hydrogen-bond acceptors (Lipinski definition) is 4. The highest BCUT2D eigenvalue weighted by Crippen LogP contribution is 2.18. The molecular formula is C8H9N3O2. The fourth-order valence-corrected chi connectivity index (χ4v) is 1.07. The van der Waals surface area contributed by atoms with Crippen LogP contribution in [0.3, 0.4) is 0 Å². The fraction of sp³-hybridized carbons (Fsp3) is 0.250. The summed E-state index contributed by atoms with van der Waals surface area (Å²) in [6.07, 6.45) is 3.50. The topological polar surface area (TPSA) is 64.1 Å². The first kappa shape index (κ1) is 8.00. The molecule has 0 unspecified atom stereocenters. The Morgan fingerprint density at radius 1 is 1.62 bits per heavy atom. The predicted octanol–water partition coefficient (Wildman–Crippen LogP) is 0.567. The fourth-order valence-electron chi connectivity index (χ4n) is 1.07. The van der Waals surface area contributed by atoms with Crippen molar-refractivity contribution < 1.29 is 9.63 Å². The summed E-state index contributed by atoms with van der Waals surface area (Å²) in [5.41, 5.74) is 1.38. The van der Waals surface area contributed by atoms with E-state index in [1.165, 1.54) is 0 Å². The molecule has 0 aliphatic heterocycles. The Bertz CT molecular complexity index is 405. The van der Waals surface area contributed by atoms with Gasteiger partial charge >= 0.3 is 0 Å². The molecule has 5 nitrogen and oxygen atoms in total. The van der Waals surface area contributed by atoms with Gasteiger partial charge in [0, 0.05) is 19.3 Å². The number of hydrogen-bond donors (Lipinski definition) is 1. The van der Waals surface area contributed by atoms with Crippen LogP contribution in [0.4, 0.5) is 0 Å². The van der Waals surface area contributed by atoms with Crippen LogP contribution in [0.25, 0.3) is 11.3 Å². The van der Waals surface area contributed by atoms with Gasteiger partial charge in [-0.2, -0.15) is 5.10 Å². The zero-order valence-corrected chi connectivity index (χ0v) is 7.14. The van der Waals surface area contributed by atoms with Crippen LogP contribution in [0, 0.1) is 0 Å². The van der Waals surface area contributed by atoms with Crippen LogP contribution in [-0.4, -0.2) is 20.0 Å².